The maximum atomic E-state index is 5.83. The minimum Gasteiger partial charge on any atom is -0.394 e. The summed E-state index contributed by atoms with van der Waals surface area (Å²) in [6.45, 7) is 9.63. The van der Waals surface area contributed by atoms with Crippen LogP contribution in [0.15, 0.2) is 6.20 Å². The number of aryl methyl sites for hydroxylation is 1. The summed E-state index contributed by atoms with van der Waals surface area (Å²) in [4.78, 5) is 2.37. The van der Waals surface area contributed by atoms with Crippen molar-refractivity contribution in [3.8, 4) is 0 Å². The molecule has 1 atom stereocenters. The summed E-state index contributed by atoms with van der Waals surface area (Å²) in [6.07, 6.45) is 1.81. The van der Waals surface area contributed by atoms with Crippen molar-refractivity contribution in [2.75, 3.05) is 30.7 Å². The molecular weight excluding hydrogens is 202 g/mol. The number of nitrogens with two attached hydrogens (primary N) is 1. The van der Waals surface area contributed by atoms with E-state index in [-0.39, 0.29) is 0 Å². The number of hydrogen-bond acceptors (Lipinski definition) is 4. The minimum atomic E-state index is 0.345. The standard InChI is InChI=1S/C11H23N5/c1-5-16(6-2)7-9(3)13-11-10(12)8-15(4)14-11/h8-9H,5-7,12H2,1-4H3,(H,13,14). The van der Waals surface area contributed by atoms with E-state index in [2.05, 4.69) is 36.1 Å². The molecule has 0 aliphatic heterocycles. The molecule has 0 bridgehead atoms. The lowest BCUT2D eigenvalue weighted by atomic mass is 10.3. The molecule has 5 heteroatoms. The van der Waals surface area contributed by atoms with Crippen LogP contribution in [0.1, 0.15) is 20.8 Å². The highest BCUT2D eigenvalue weighted by atomic mass is 15.3. The second-order valence-electron chi connectivity index (χ2n) is 4.14. The van der Waals surface area contributed by atoms with E-state index in [1.165, 1.54) is 0 Å². The lowest BCUT2D eigenvalue weighted by Gasteiger charge is -2.23. The number of nitrogen functional groups attached to an aromatic ring is 1. The van der Waals surface area contributed by atoms with Crippen molar-refractivity contribution >= 4 is 11.5 Å². The molecule has 16 heavy (non-hydrogen) atoms. The predicted molar refractivity (Wildman–Crippen MR) is 68.5 cm³/mol. The quantitative estimate of drug-likeness (QED) is 0.762. The van der Waals surface area contributed by atoms with Crippen LogP contribution in [-0.4, -0.2) is 40.4 Å². The molecule has 5 nitrogen and oxygen atoms in total. The van der Waals surface area contributed by atoms with Gasteiger partial charge in [-0.1, -0.05) is 13.8 Å². The van der Waals surface area contributed by atoms with Gasteiger partial charge in [-0.3, -0.25) is 4.68 Å². The van der Waals surface area contributed by atoms with Crippen molar-refractivity contribution < 1.29 is 0 Å². The number of aromatic nitrogens is 2. The Balaban J connectivity index is 2.50. The Morgan fingerprint density at radius 1 is 1.50 bits per heavy atom. The Hall–Kier alpha value is -1.23. The van der Waals surface area contributed by atoms with Crippen LogP contribution in [0.25, 0.3) is 0 Å². The lowest BCUT2D eigenvalue weighted by molar-refractivity contribution is 0.294. The van der Waals surface area contributed by atoms with Crippen molar-refractivity contribution in [1.82, 2.24) is 14.7 Å². The van der Waals surface area contributed by atoms with E-state index in [1.807, 2.05) is 13.2 Å². The highest BCUT2D eigenvalue weighted by Gasteiger charge is 2.10. The molecule has 1 heterocycles. The van der Waals surface area contributed by atoms with Gasteiger partial charge in [0.25, 0.3) is 0 Å². The lowest BCUT2D eigenvalue weighted by Crippen LogP contribution is -2.35. The minimum absolute atomic E-state index is 0.345. The highest BCUT2D eigenvalue weighted by Crippen LogP contribution is 2.15. The van der Waals surface area contributed by atoms with Crippen molar-refractivity contribution in [2.45, 2.75) is 26.8 Å². The molecule has 1 aromatic heterocycles. The number of rotatable bonds is 6. The van der Waals surface area contributed by atoms with Gasteiger partial charge in [0.2, 0.25) is 0 Å². The smallest absolute Gasteiger partial charge is 0.171 e. The Bertz CT molecular complexity index is 316. The molecule has 0 saturated heterocycles. The molecule has 1 unspecified atom stereocenters. The number of nitrogens with one attached hydrogen (secondary N) is 1. The third kappa shape index (κ3) is 3.41. The maximum absolute atomic E-state index is 5.83. The second kappa shape index (κ2) is 5.75. The maximum Gasteiger partial charge on any atom is 0.171 e. The zero-order chi connectivity index (χ0) is 12.1. The Kier molecular flexibility index (Phi) is 4.61. The van der Waals surface area contributed by atoms with Crippen LogP contribution < -0.4 is 11.1 Å². The molecule has 0 radical (unpaired) electrons. The van der Waals surface area contributed by atoms with E-state index in [4.69, 9.17) is 5.73 Å². The van der Waals surface area contributed by atoms with Gasteiger partial charge in [0.1, 0.15) is 0 Å². The van der Waals surface area contributed by atoms with Crippen LogP contribution in [0.5, 0.6) is 0 Å². The van der Waals surface area contributed by atoms with Gasteiger partial charge >= 0.3 is 0 Å². The summed E-state index contributed by atoms with van der Waals surface area (Å²) >= 11 is 0. The Morgan fingerprint density at radius 2 is 2.12 bits per heavy atom. The first-order valence-electron chi connectivity index (χ1n) is 5.84. The topological polar surface area (TPSA) is 59.1 Å². The fourth-order valence-electron chi connectivity index (χ4n) is 1.77. The first-order chi connectivity index (χ1) is 7.56. The van der Waals surface area contributed by atoms with Crippen molar-refractivity contribution in [3.63, 3.8) is 0 Å². The third-order valence-electron chi connectivity index (χ3n) is 2.67. The van der Waals surface area contributed by atoms with Crippen LogP contribution in [0.2, 0.25) is 0 Å². The molecule has 92 valence electrons. The zero-order valence-electron chi connectivity index (χ0n) is 10.7. The van der Waals surface area contributed by atoms with E-state index in [0.29, 0.717) is 11.7 Å². The summed E-state index contributed by atoms with van der Waals surface area (Å²) in [5.41, 5.74) is 6.53. The van der Waals surface area contributed by atoms with E-state index < -0.39 is 0 Å². The van der Waals surface area contributed by atoms with Crippen molar-refractivity contribution in [1.29, 1.82) is 0 Å². The molecule has 0 amide bonds. The summed E-state index contributed by atoms with van der Waals surface area (Å²) in [6, 6.07) is 0.345. The molecular formula is C11H23N5. The van der Waals surface area contributed by atoms with Gasteiger partial charge < -0.3 is 16.0 Å². The molecule has 0 saturated carbocycles. The average molecular weight is 225 g/mol. The summed E-state index contributed by atoms with van der Waals surface area (Å²) in [5, 5.41) is 7.60. The molecule has 1 rings (SSSR count). The number of nitrogens with zero attached hydrogens (tertiary/aromatic N) is 3. The molecule has 0 fully saturated rings. The molecule has 0 aliphatic rings. The largest absolute Gasteiger partial charge is 0.394 e. The molecule has 0 spiro atoms. The van der Waals surface area contributed by atoms with Crippen LogP contribution in [0.3, 0.4) is 0 Å². The van der Waals surface area contributed by atoms with Gasteiger partial charge in [-0.2, -0.15) is 5.10 Å². The Labute approximate surface area is 97.6 Å². The van der Waals surface area contributed by atoms with Gasteiger partial charge in [-0.05, 0) is 20.0 Å². The average Bonchev–Trinajstić information content (AvgIpc) is 2.54. The highest BCUT2D eigenvalue weighted by molar-refractivity contribution is 5.60. The van der Waals surface area contributed by atoms with Crippen molar-refractivity contribution in [2.24, 2.45) is 7.05 Å². The van der Waals surface area contributed by atoms with Gasteiger partial charge in [0, 0.05) is 25.8 Å². The fourth-order valence-corrected chi connectivity index (χ4v) is 1.77. The second-order valence-corrected chi connectivity index (χ2v) is 4.14. The summed E-state index contributed by atoms with van der Waals surface area (Å²) in [5.74, 6) is 0.780. The summed E-state index contributed by atoms with van der Waals surface area (Å²) in [7, 11) is 1.87. The normalized spacial score (nSPS) is 13.1. The van der Waals surface area contributed by atoms with Gasteiger partial charge in [-0.25, -0.2) is 0 Å². The molecule has 0 aliphatic carbocycles. The monoisotopic (exact) mass is 225 g/mol. The molecule has 3 N–H and O–H groups in total. The van der Waals surface area contributed by atoms with Crippen LogP contribution in [-0.2, 0) is 7.05 Å². The van der Waals surface area contributed by atoms with Gasteiger partial charge in [-0.15, -0.1) is 0 Å². The van der Waals surface area contributed by atoms with E-state index in [0.717, 1.165) is 25.5 Å². The van der Waals surface area contributed by atoms with Crippen LogP contribution >= 0.6 is 0 Å². The fraction of sp³-hybridized carbons (Fsp3) is 0.727. The van der Waals surface area contributed by atoms with Crippen LogP contribution in [0.4, 0.5) is 11.5 Å². The Morgan fingerprint density at radius 3 is 2.56 bits per heavy atom. The summed E-state index contributed by atoms with van der Waals surface area (Å²) < 4.78 is 1.72. The van der Waals surface area contributed by atoms with Crippen molar-refractivity contribution in [3.05, 3.63) is 6.20 Å². The number of hydrogen-bond donors (Lipinski definition) is 2. The van der Waals surface area contributed by atoms with E-state index >= 15 is 0 Å². The zero-order valence-corrected chi connectivity index (χ0v) is 10.7. The molecule has 1 aromatic rings. The van der Waals surface area contributed by atoms with E-state index in [9.17, 15) is 0 Å². The van der Waals surface area contributed by atoms with Gasteiger partial charge in [0.05, 0.1) is 5.69 Å². The first-order valence-corrected chi connectivity index (χ1v) is 5.84. The predicted octanol–water partition coefficient (Wildman–Crippen LogP) is 1.14. The van der Waals surface area contributed by atoms with Gasteiger partial charge in [0.15, 0.2) is 5.82 Å². The molecule has 0 aromatic carbocycles. The first kappa shape index (κ1) is 12.8. The van der Waals surface area contributed by atoms with Crippen LogP contribution in [0, 0.1) is 0 Å². The van der Waals surface area contributed by atoms with E-state index in [1.54, 1.807) is 4.68 Å². The third-order valence-corrected chi connectivity index (χ3v) is 2.67. The SMILES string of the molecule is CCN(CC)CC(C)Nc1nn(C)cc1N. The number of anilines is 2. The number of likely N-dealkylation sites (N-methyl/N-ethyl adjacent to an activating group) is 1.